The van der Waals surface area contributed by atoms with Crippen LogP contribution in [0.25, 0.3) is 5.65 Å². The summed E-state index contributed by atoms with van der Waals surface area (Å²) < 4.78 is 3.40. The highest BCUT2D eigenvalue weighted by atomic mass is 16.3. The summed E-state index contributed by atoms with van der Waals surface area (Å²) in [6, 6.07) is 3.69. The first-order valence-electron chi connectivity index (χ1n) is 7.85. The normalized spacial score (nSPS) is 14.8. The lowest BCUT2D eigenvalue weighted by Gasteiger charge is -2.22. The van der Waals surface area contributed by atoms with Crippen LogP contribution in [0.1, 0.15) is 39.1 Å². The van der Waals surface area contributed by atoms with Gasteiger partial charge in [-0.2, -0.15) is 9.61 Å². The van der Waals surface area contributed by atoms with E-state index in [4.69, 9.17) is 0 Å². The SMILES string of the molecule is Cn1cc(C(C)(O)CNc2ccc3nnc(C(C)(C)C)n3n2)cn1. The first kappa shape index (κ1) is 16.4. The van der Waals surface area contributed by atoms with Crippen molar-refractivity contribution in [3.63, 3.8) is 0 Å². The monoisotopic (exact) mass is 329 g/mol. The van der Waals surface area contributed by atoms with Crippen LogP contribution in [0.4, 0.5) is 5.82 Å². The van der Waals surface area contributed by atoms with E-state index in [-0.39, 0.29) is 5.41 Å². The predicted molar refractivity (Wildman–Crippen MR) is 90.8 cm³/mol. The smallest absolute Gasteiger partial charge is 0.178 e. The molecule has 3 aromatic rings. The molecule has 0 aliphatic rings. The molecule has 3 aromatic heterocycles. The number of rotatable bonds is 4. The molecule has 0 aromatic carbocycles. The van der Waals surface area contributed by atoms with Crippen molar-refractivity contribution in [2.45, 2.75) is 38.7 Å². The number of fused-ring (bicyclic) bond motifs is 1. The molecule has 8 heteroatoms. The molecule has 128 valence electrons. The largest absolute Gasteiger partial charge is 0.383 e. The summed E-state index contributed by atoms with van der Waals surface area (Å²) in [6.45, 7) is 8.26. The van der Waals surface area contributed by atoms with Crippen molar-refractivity contribution in [1.82, 2.24) is 29.6 Å². The molecule has 0 aliphatic heterocycles. The zero-order valence-electron chi connectivity index (χ0n) is 14.6. The van der Waals surface area contributed by atoms with Gasteiger partial charge in [-0.25, -0.2) is 0 Å². The van der Waals surface area contributed by atoms with Gasteiger partial charge in [0, 0.05) is 30.8 Å². The zero-order chi connectivity index (χ0) is 17.5. The quantitative estimate of drug-likeness (QED) is 0.753. The third-order valence-electron chi connectivity index (χ3n) is 3.87. The standard InChI is InChI=1S/C16H23N7O/c1-15(2,3)14-20-19-13-7-6-12(21-23(13)14)17-10-16(4,24)11-8-18-22(5)9-11/h6-9,24H,10H2,1-5H3,(H,17,21). The minimum Gasteiger partial charge on any atom is -0.383 e. The van der Waals surface area contributed by atoms with Crippen molar-refractivity contribution in [3.05, 3.63) is 35.9 Å². The average molecular weight is 329 g/mol. The number of nitrogens with zero attached hydrogens (tertiary/aromatic N) is 6. The van der Waals surface area contributed by atoms with Crippen LogP contribution in [-0.2, 0) is 18.1 Å². The van der Waals surface area contributed by atoms with Crippen molar-refractivity contribution in [2.24, 2.45) is 7.05 Å². The van der Waals surface area contributed by atoms with E-state index >= 15 is 0 Å². The Kier molecular flexibility index (Phi) is 3.79. The lowest BCUT2D eigenvalue weighted by Crippen LogP contribution is -2.30. The van der Waals surface area contributed by atoms with E-state index in [9.17, 15) is 5.11 Å². The van der Waals surface area contributed by atoms with Gasteiger partial charge in [-0.05, 0) is 19.1 Å². The number of anilines is 1. The van der Waals surface area contributed by atoms with E-state index in [1.54, 1.807) is 28.5 Å². The van der Waals surface area contributed by atoms with Crippen molar-refractivity contribution >= 4 is 11.5 Å². The molecule has 0 amide bonds. The maximum Gasteiger partial charge on any atom is 0.178 e. The molecule has 0 bridgehead atoms. The molecule has 8 nitrogen and oxygen atoms in total. The number of nitrogens with one attached hydrogen (secondary N) is 1. The van der Waals surface area contributed by atoms with Crippen molar-refractivity contribution in [2.75, 3.05) is 11.9 Å². The maximum absolute atomic E-state index is 10.6. The second kappa shape index (κ2) is 5.55. The van der Waals surface area contributed by atoms with Crippen LogP contribution in [0.5, 0.6) is 0 Å². The number of hydrogen-bond acceptors (Lipinski definition) is 6. The molecule has 2 N–H and O–H groups in total. The van der Waals surface area contributed by atoms with Gasteiger partial charge >= 0.3 is 0 Å². The molecule has 0 radical (unpaired) electrons. The molecule has 3 heterocycles. The number of aryl methyl sites for hydroxylation is 1. The van der Waals surface area contributed by atoms with E-state index in [2.05, 4.69) is 46.5 Å². The van der Waals surface area contributed by atoms with Gasteiger partial charge in [-0.3, -0.25) is 4.68 Å². The van der Waals surface area contributed by atoms with E-state index in [1.165, 1.54) is 0 Å². The average Bonchev–Trinajstić information content (AvgIpc) is 3.10. The van der Waals surface area contributed by atoms with Gasteiger partial charge in [-0.1, -0.05) is 20.8 Å². The topological polar surface area (TPSA) is 93.2 Å². The van der Waals surface area contributed by atoms with Crippen molar-refractivity contribution < 1.29 is 5.11 Å². The summed E-state index contributed by atoms with van der Waals surface area (Å²) >= 11 is 0. The van der Waals surface area contributed by atoms with Crippen LogP contribution in [0.3, 0.4) is 0 Å². The first-order valence-corrected chi connectivity index (χ1v) is 7.85. The summed E-state index contributed by atoms with van der Waals surface area (Å²) in [6.07, 6.45) is 3.46. The van der Waals surface area contributed by atoms with Crippen LogP contribution in [0.2, 0.25) is 0 Å². The second-order valence-corrected chi connectivity index (χ2v) is 7.29. The minimum absolute atomic E-state index is 0.160. The lowest BCUT2D eigenvalue weighted by atomic mass is 9.96. The molecular formula is C16H23N7O. The Balaban J connectivity index is 1.83. The fraction of sp³-hybridized carbons (Fsp3) is 0.500. The highest BCUT2D eigenvalue weighted by Crippen LogP contribution is 2.22. The third kappa shape index (κ3) is 3.09. The van der Waals surface area contributed by atoms with Crippen LogP contribution in [0.15, 0.2) is 24.5 Å². The highest BCUT2D eigenvalue weighted by Gasteiger charge is 2.25. The maximum atomic E-state index is 10.6. The van der Waals surface area contributed by atoms with Gasteiger partial charge in [-0.15, -0.1) is 15.3 Å². The fourth-order valence-electron chi connectivity index (χ4n) is 2.41. The summed E-state index contributed by atoms with van der Waals surface area (Å²) in [5.74, 6) is 1.44. The Morgan fingerprint density at radius 3 is 2.54 bits per heavy atom. The molecule has 0 spiro atoms. The molecule has 1 atom stereocenters. The Bertz CT molecular complexity index is 857. The van der Waals surface area contributed by atoms with Gasteiger partial charge < -0.3 is 10.4 Å². The van der Waals surface area contributed by atoms with Gasteiger partial charge in [0.2, 0.25) is 0 Å². The van der Waals surface area contributed by atoms with Crippen LogP contribution in [0, 0.1) is 0 Å². The molecular weight excluding hydrogens is 306 g/mol. The van der Waals surface area contributed by atoms with E-state index in [1.807, 2.05) is 19.2 Å². The second-order valence-electron chi connectivity index (χ2n) is 7.29. The molecule has 3 rings (SSSR count). The zero-order valence-corrected chi connectivity index (χ0v) is 14.6. The third-order valence-corrected chi connectivity index (χ3v) is 3.87. The van der Waals surface area contributed by atoms with Crippen molar-refractivity contribution in [3.8, 4) is 0 Å². The van der Waals surface area contributed by atoms with E-state index in [0.29, 0.717) is 18.0 Å². The fourth-order valence-corrected chi connectivity index (χ4v) is 2.41. The molecule has 0 saturated carbocycles. The minimum atomic E-state index is -1.05. The molecule has 0 aliphatic carbocycles. The number of aliphatic hydroxyl groups is 1. The first-order chi connectivity index (χ1) is 11.2. The predicted octanol–water partition coefficient (Wildman–Crippen LogP) is 1.47. The van der Waals surface area contributed by atoms with Crippen LogP contribution < -0.4 is 5.32 Å². The number of aromatic nitrogens is 6. The van der Waals surface area contributed by atoms with E-state index in [0.717, 1.165) is 11.4 Å². The van der Waals surface area contributed by atoms with E-state index < -0.39 is 5.60 Å². The Morgan fingerprint density at radius 1 is 1.17 bits per heavy atom. The summed E-state index contributed by atoms with van der Waals surface area (Å²) in [7, 11) is 1.82. The van der Waals surface area contributed by atoms with Crippen molar-refractivity contribution in [1.29, 1.82) is 0 Å². The van der Waals surface area contributed by atoms with Crippen LogP contribution in [-0.4, -0.2) is 41.2 Å². The molecule has 24 heavy (non-hydrogen) atoms. The Labute approximate surface area is 140 Å². The van der Waals surface area contributed by atoms with Gasteiger partial charge in [0.15, 0.2) is 11.5 Å². The molecule has 0 saturated heterocycles. The number of hydrogen-bond donors (Lipinski definition) is 2. The summed E-state index contributed by atoms with van der Waals surface area (Å²) in [5.41, 5.74) is 0.236. The lowest BCUT2D eigenvalue weighted by molar-refractivity contribution is 0.0713. The summed E-state index contributed by atoms with van der Waals surface area (Å²) in [4.78, 5) is 0. The van der Waals surface area contributed by atoms with Gasteiger partial charge in [0.1, 0.15) is 11.4 Å². The summed E-state index contributed by atoms with van der Waals surface area (Å²) in [5, 5.41) is 30.9. The van der Waals surface area contributed by atoms with Gasteiger partial charge in [0.25, 0.3) is 0 Å². The highest BCUT2D eigenvalue weighted by molar-refractivity contribution is 5.44. The Morgan fingerprint density at radius 2 is 1.92 bits per heavy atom. The molecule has 1 unspecified atom stereocenters. The van der Waals surface area contributed by atoms with Gasteiger partial charge in [0.05, 0.1) is 6.20 Å². The Hall–Kier alpha value is -2.48. The molecule has 0 fully saturated rings. The van der Waals surface area contributed by atoms with Crippen LogP contribution >= 0.6 is 0 Å².